The molecule has 7 atom stereocenters. The standard InChI is InChI=1S/C53H79Cl2N15O10/c1-29(2)24-40(50(78)66-38(46(57)74)12-9-21-60-53(58)59)65-44(73)28-62-52(80)45(30(3)4)69-47(75)31(5)63-49(77)42(26-34-27-61-37-11-8-7-10-36(34)37)68-48(76)39(17-18-43(56)72)67-51(79)41(64-32(6)71)25-33-13-15-35(16-14-33)70(22-19-54)23-20-55/h7-8,10-11,13-16,27,29-31,38-42,45,61H,9,12,17-26,28H2,1-6H3,(H2,56,72)(H2,57,74)(H,62,80)(H,63,77)(H,64,71)(H,65,73)(H,66,78)(H,67,79)(H,68,76)(H,69,75)(H4,58,59,60)/t31-,38-,39-,40-,41-,42-,45-/m0/s1. The van der Waals surface area contributed by atoms with Gasteiger partial charge < -0.3 is 75.4 Å². The second-order valence-electron chi connectivity index (χ2n) is 20.0. The fourth-order valence-corrected chi connectivity index (χ4v) is 8.82. The Morgan fingerprint density at radius 1 is 0.637 bits per heavy atom. The van der Waals surface area contributed by atoms with Gasteiger partial charge in [0.25, 0.3) is 0 Å². The number of nitrogens with one attached hydrogen (secondary N) is 9. The minimum atomic E-state index is -1.45. The number of nitrogens with zero attached hydrogens (tertiary/aromatic N) is 2. The predicted molar refractivity (Wildman–Crippen MR) is 306 cm³/mol. The van der Waals surface area contributed by atoms with Crippen LogP contribution < -0.4 is 70.4 Å². The third-order valence-electron chi connectivity index (χ3n) is 12.6. The summed E-state index contributed by atoms with van der Waals surface area (Å²) in [6, 6.07) is 5.63. The zero-order valence-corrected chi connectivity index (χ0v) is 47.6. The Balaban J connectivity index is 1.79. The van der Waals surface area contributed by atoms with Gasteiger partial charge in [0.1, 0.15) is 42.3 Å². The number of hydrogen-bond donors (Lipinski definition) is 13. The highest BCUT2D eigenvalue weighted by Gasteiger charge is 2.34. The number of aromatic amines is 1. The van der Waals surface area contributed by atoms with E-state index in [1.54, 1.807) is 50.4 Å². The van der Waals surface area contributed by atoms with Crippen molar-refractivity contribution in [3.05, 3.63) is 65.9 Å². The van der Waals surface area contributed by atoms with Crippen LogP contribution in [0.25, 0.3) is 10.9 Å². The molecule has 1 aromatic heterocycles. The fraction of sp³-hybridized carbons (Fsp3) is 0.528. The van der Waals surface area contributed by atoms with Crippen LogP contribution in [0.5, 0.6) is 0 Å². The largest absolute Gasteiger partial charge is 0.370 e. The molecule has 0 fully saturated rings. The highest BCUT2D eigenvalue weighted by Crippen LogP contribution is 2.21. The number of hydrogen-bond acceptors (Lipinski definition) is 12. The summed E-state index contributed by atoms with van der Waals surface area (Å²) in [5.41, 5.74) is 24.6. The molecular formula is C53H79Cl2N15O10. The number of benzene rings is 2. The number of amides is 10. The quantitative estimate of drug-likeness (QED) is 0.0150. The summed E-state index contributed by atoms with van der Waals surface area (Å²) < 4.78 is 0. The van der Waals surface area contributed by atoms with Gasteiger partial charge in [-0.15, -0.1) is 23.2 Å². The van der Waals surface area contributed by atoms with Crippen LogP contribution in [0.4, 0.5) is 5.69 Å². The van der Waals surface area contributed by atoms with Crippen LogP contribution in [0.1, 0.15) is 84.8 Å². The van der Waals surface area contributed by atoms with Crippen molar-refractivity contribution in [2.24, 2.45) is 39.8 Å². The molecule has 0 aliphatic rings. The molecule has 0 saturated heterocycles. The third kappa shape index (κ3) is 23.0. The predicted octanol–water partition coefficient (Wildman–Crippen LogP) is -0.707. The summed E-state index contributed by atoms with van der Waals surface area (Å²) in [4.78, 5) is 142. The fourth-order valence-electron chi connectivity index (χ4n) is 8.42. The molecule has 1 heterocycles. The highest BCUT2D eigenvalue weighted by molar-refractivity contribution is 6.18. The summed E-state index contributed by atoms with van der Waals surface area (Å²) in [5, 5.41) is 21.5. The van der Waals surface area contributed by atoms with Gasteiger partial charge in [0.05, 0.1) is 6.54 Å². The van der Waals surface area contributed by atoms with E-state index in [0.717, 1.165) is 16.6 Å². The number of rotatable bonds is 35. The Morgan fingerprint density at radius 2 is 1.23 bits per heavy atom. The molecule has 0 unspecified atom stereocenters. The Hall–Kier alpha value is -7.67. The average Bonchev–Trinajstić information content (AvgIpc) is 3.80. The minimum absolute atomic E-state index is 0.00680. The van der Waals surface area contributed by atoms with Crippen molar-refractivity contribution >= 4 is 105 Å². The first-order valence-corrected chi connectivity index (χ1v) is 27.4. The van der Waals surface area contributed by atoms with E-state index >= 15 is 0 Å². The molecule has 0 bridgehead atoms. The van der Waals surface area contributed by atoms with E-state index < -0.39 is 114 Å². The van der Waals surface area contributed by atoms with E-state index in [2.05, 4.69) is 52.5 Å². The summed E-state index contributed by atoms with van der Waals surface area (Å²) in [5.74, 6) is -7.64. The number of aromatic nitrogens is 1. The van der Waals surface area contributed by atoms with Gasteiger partial charge in [0.2, 0.25) is 59.1 Å². The molecule has 0 aliphatic heterocycles. The Labute approximate surface area is 475 Å². The molecule has 27 heteroatoms. The monoisotopic (exact) mass is 1160 g/mol. The van der Waals surface area contributed by atoms with Gasteiger partial charge in [-0.3, -0.25) is 52.9 Å². The van der Waals surface area contributed by atoms with Gasteiger partial charge in [-0.05, 0) is 73.8 Å². The zero-order valence-electron chi connectivity index (χ0n) is 46.1. The number of halogens is 2. The van der Waals surface area contributed by atoms with E-state index in [9.17, 15) is 47.9 Å². The van der Waals surface area contributed by atoms with Crippen molar-refractivity contribution in [1.82, 2.24) is 47.5 Å². The molecule has 80 heavy (non-hydrogen) atoms. The molecule has 10 amide bonds. The van der Waals surface area contributed by atoms with E-state index in [4.69, 9.17) is 46.1 Å². The molecule has 440 valence electrons. The van der Waals surface area contributed by atoms with Gasteiger partial charge >= 0.3 is 0 Å². The minimum Gasteiger partial charge on any atom is -0.370 e. The number of alkyl halides is 2. The number of carbonyl (C=O) groups excluding carboxylic acids is 10. The number of para-hydroxylation sites is 1. The molecule has 2 aromatic carbocycles. The van der Waals surface area contributed by atoms with Crippen LogP contribution in [-0.4, -0.2) is 150 Å². The van der Waals surface area contributed by atoms with Crippen LogP contribution in [0.15, 0.2) is 59.7 Å². The zero-order chi connectivity index (χ0) is 59.6. The normalized spacial score (nSPS) is 13.7. The lowest BCUT2D eigenvalue weighted by molar-refractivity contribution is -0.135. The number of aliphatic imine (C=N–C) groups is 1. The van der Waals surface area contributed by atoms with E-state index in [-0.39, 0.29) is 56.9 Å². The Bertz CT molecular complexity index is 2620. The molecule has 0 radical (unpaired) electrons. The van der Waals surface area contributed by atoms with Crippen LogP contribution in [0.2, 0.25) is 0 Å². The maximum Gasteiger partial charge on any atom is 0.243 e. The van der Waals surface area contributed by atoms with Crippen molar-refractivity contribution < 1.29 is 47.9 Å². The number of H-pyrrole nitrogens is 1. The van der Waals surface area contributed by atoms with Crippen LogP contribution >= 0.6 is 23.2 Å². The second-order valence-corrected chi connectivity index (χ2v) is 20.8. The maximum atomic E-state index is 14.3. The van der Waals surface area contributed by atoms with Crippen LogP contribution in [0.3, 0.4) is 0 Å². The van der Waals surface area contributed by atoms with Crippen molar-refractivity contribution in [1.29, 1.82) is 0 Å². The van der Waals surface area contributed by atoms with E-state index in [1.807, 2.05) is 36.9 Å². The van der Waals surface area contributed by atoms with Crippen LogP contribution in [0, 0.1) is 11.8 Å². The van der Waals surface area contributed by atoms with E-state index in [0.29, 0.717) is 42.4 Å². The van der Waals surface area contributed by atoms with Gasteiger partial charge in [0.15, 0.2) is 5.96 Å². The summed E-state index contributed by atoms with van der Waals surface area (Å²) in [6.45, 7) is 10.2. The molecule has 0 aliphatic carbocycles. The van der Waals surface area contributed by atoms with E-state index in [1.165, 1.54) is 13.8 Å². The Kier molecular flexibility index (Phi) is 28.1. The number of nitrogens with two attached hydrogens (primary N) is 4. The van der Waals surface area contributed by atoms with Gasteiger partial charge in [0, 0.05) is 80.4 Å². The first-order chi connectivity index (χ1) is 37.8. The molecule has 25 nitrogen and oxygen atoms in total. The first-order valence-electron chi connectivity index (χ1n) is 26.3. The first kappa shape index (κ1) is 66.6. The summed E-state index contributed by atoms with van der Waals surface area (Å²) >= 11 is 12.0. The van der Waals surface area contributed by atoms with Crippen molar-refractivity contribution in [3.63, 3.8) is 0 Å². The number of fused-ring (bicyclic) bond motifs is 1. The number of primary amides is 2. The molecule has 3 rings (SSSR count). The summed E-state index contributed by atoms with van der Waals surface area (Å²) in [6.07, 6.45) is 1.50. The van der Waals surface area contributed by atoms with Gasteiger partial charge in [-0.2, -0.15) is 0 Å². The lowest BCUT2D eigenvalue weighted by Crippen LogP contribution is -2.60. The second kappa shape index (κ2) is 33.7. The average molecular weight is 1160 g/mol. The molecule has 0 spiro atoms. The van der Waals surface area contributed by atoms with Crippen molar-refractivity contribution in [2.45, 2.75) is 129 Å². The molecule has 17 N–H and O–H groups in total. The van der Waals surface area contributed by atoms with Crippen LogP contribution in [-0.2, 0) is 60.8 Å². The van der Waals surface area contributed by atoms with Crippen molar-refractivity contribution in [2.75, 3.05) is 42.8 Å². The molecule has 3 aromatic rings. The van der Waals surface area contributed by atoms with Crippen molar-refractivity contribution in [3.8, 4) is 0 Å². The summed E-state index contributed by atoms with van der Waals surface area (Å²) in [7, 11) is 0. The van der Waals surface area contributed by atoms with Gasteiger partial charge in [-0.25, -0.2) is 0 Å². The lowest BCUT2D eigenvalue weighted by atomic mass is 10.0. The smallest absolute Gasteiger partial charge is 0.243 e. The molecule has 0 saturated carbocycles. The number of anilines is 1. The number of carbonyl (C=O) groups is 10. The lowest BCUT2D eigenvalue weighted by Gasteiger charge is -2.27. The third-order valence-corrected chi connectivity index (χ3v) is 12.9. The van der Waals surface area contributed by atoms with Gasteiger partial charge in [-0.1, -0.05) is 58.0 Å². The number of guanidine groups is 1. The topological polar surface area (TPSA) is 402 Å². The highest BCUT2D eigenvalue weighted by atomic mass is 35.5. The Morgan fingerprint density at radius 3 is 1.81 bits per heavy atom. The molecular weight excluding hydrogens is 1080 g/mol. The SMILES string of the molecule is CC(=O)N[C@@H](Cc1ccc(N(CCCl)CCCl)cc1)C(=O)N[C@@H](CCC(N)=O)C(=O)N[C@@H](Cc1c[nH]c2ccccc12)C(=O)N[C@@H](C)C(=O)N[C@H](C(=O)NCC(=O)N[C@@H](CC(C)C)C(=O)N[C@@H](CCCN=C(N)N)C(N)=O)C(C)C. The maximum absolute atomic E-state index is 14.3.